The third kappa shape index (κ3) is 6.96. The summed E-state index contributed by atoms with van der Waals surface area (Å²) < 4.78 is 32.5. The molecule has 0 radical (unpaired) electrons. The third-order valence-electron chi connectivity index (χ3n) is 9.72. The topological polar surface area (TPSA) is 184 Å². The Morgan fingerprint density at radius 1 is 1.02 bits per heavy atom. The summed E-state index contributed by atoms with van der Waals surface area (Å²) in [7, 11) is -3.92. The maximum absolute atomic E-state index is 14.2. The second kappa shape index (κ2) is 13.8. The number of carbonyl (C=O) groups excluding carboxylic acids is 4. The molecular weight excluding hydrogens is 678 g/mol. The van der Waals surface area contributed by atoms with Crippen LogP contribution in [0.3, 0.4) is 0 Å². The van der Waals surface area contributed by atoms with E-state index in [0.29, 0.717) is 18.6 Å². The van der Waals surface area contributed by atoms with Crippen LogP contribution in [0.25, 0.3) is 11.1 Å². The molecule has 272 valence electrons. The fraction of sp³-hybridized carbons (Fsp3) is 0.472. The lowest BCUT2D eigenvalue weighted by molar-refractivity contribution is -0.163. The smallest absolute Gasteiger partial charge is 0.434 e. The molecule has 6 rings (SSSR count). The molecule has 0 aromatic heterocycles. The number of benzene rings is 2. The van der Waals surface area contributed by atoms with Gasteiger partial charge >= 0.3 is 6.09 Å². The number of hydrogen-bond donors (Lipinski definition) is 3. The van der Waals surface area contributed by atoms with Crippen LogP contribution in [0.15, 0.2) is 66.3 Å². The predicted molar refractivity (Wildman–Crippen MR) is 186 cm³/mol. The van der Waals surface area contributed by atoms with E-state index >= 15 is 0 Å². The van der Waals surface area contributed by atoms with Crippen LogP contribution in [0.2, 0.25) is 0 Å². The van der Waals surface area contributed by atoms with Crippen molar-refractivity contribution in [3.05, 3.63) is 72.3 Å². The zero-order chi connectivity index (χ0) is 36.8. The highest BCUT2D eigenvalue weighted by atomic mass is 32.2. The molecule has 2 aromatic carbocycles. The zero-order valence-electron chi connectivity index (χ0n) is 28.9. The molecule has 0 unspecified atom stereocenters. The van der Waals surface area contributed by atoms with Crippen LogP contribution >= 0.6 is 0 Å². The number of ether oxygens (including phenoxy) is 1. The SMILES string of the molecule is C=C[C@@H]1C[C@@]1(NC(=O)[C@@H]1C[C@@H](ON=C2c3ccccc3-c3ccccc32)CN1C(=O)[C@@H](C(C)C)N(O)C(=O)OC(C)C)C(=O)NS(=O)(=O)C1CC1. The lowest BCUT2D eigenvalue weighted by Gasteiger charge is -2.33. The number of sulfonamides is 1. The normalized spacial score (nSPS) is 23.9. The van der Waals surface area contributed by atoms with Crippen molar-refractivity contribution in [2.24, 2.45) is 17.0 Å². The van der Waals surface area contributed by atoms with Gasteiger partial charge in [-0.25, -0.2) is 13.2 Å². The number of rotatable bonds is 12. The van der Waals surface area contributed by atoms with Crippen molar-refractivity contribution in [2.45, 2.75) is 88.5 Å². The molecule has 2 aromatic rings. The van der Waals surface area contributed by atoms with Crippen LogP contribution in [-0.4, -0.2) is 94.7 Å². The molecule has 1 aliphatic heterocycles. The summed E-state index contributed by atoms with van der Waals surface area (Å²) in [6, 6.07) is 12.8. The van der Waals surface area contributed by atoms with Crippen molar-refractivity contribution < 1.29 is 42.4 Å². The molecular formula is C36H43N5O9S. The maximum atomic E-state index is 14.2. The van der Waals surface area contributed by atoms with Crippen LogP contribution in [0, 0.1) is 11.8 Å². The fourth-order valence-corrected chi connectivity index (χ4v) is 8.18. The minimum Gasteiger partial charge on any atom is -0.445 e. The quantitative estimate of drug-likeness (QED) is 0.143. The van der Waals surface area contributed by atoms with Crippen LogP contribution in [0.1, 0.15) is 64.5 Å². The van der Waals surface area contributed by atoms with Crippen LogP contribution < -0.4 is 10.0 Å². The molecule has 4 amide bonds. The van der Waals surface area contributed by atoms with Gasteiger partial charge in [-0.15, -0.1) is 6.58 Å². The monoisotopic (exact) mass is 721 g/mol. The van der Waals surface area contributed by atoms with E-state index in [2.05, 4.69) is 21.8 Å². The number of fused-ring (bicyclic) bond motifs is 3. The highest BCUT2D eigenvalue weighted by Gasteiger charge is 2.62. The molecule has 0 bridgehead atoms. The van der Waals surface area contributed by atoms with Gasteiger partial charge < -0.3 is 19.8 Å². The highest BCUT2D eigenvalue weighted by Crippen LogP contribution is 2.45. The van der Waals surface area contributed by atoms with Gasteiger partial charge in [-0.3, -0.25) is 24.3 Å². The van der Waals surface area contributed by atoms with E-state index in [-0.39, 0.29) is 24.4 Å². The summed E-state index contributed by atoms with van der Waals surface area (Å²) in [4.78, 5) is 61.8. The van der Waals surface area contributed by atoms with Gasteiger partial charge in [0.05, 0.1) is 17.9 Å². The fourth-order valence-electron chi connectivity index (χ4n) is 6.82. The average molecular weight is 722 g/mol. The van der Waals surface area contributed by atoms with Crippen molar-refractivity contribution in [3.63, 3.8) is 0 Å². The summed E-state index contributed by atoms with van der Waals surface area (Å²) >= 11 is 0. The van der Waals surface area contributed by atoms with Crippen molar-refractivity contribution in [3.8, 4) is 11.1 Å². The molecule has 1 heterocycles. The van der Waals surface area contributed by atoms with Gasteiger partial charge in [0.25, 0.3) is 5.91 Å². The van der Waals surface area contributed by atoms with E-state index in [9.17, 15) is 32.8 Å². The van der Waals surface area contributed by atoms with E-state index in [4.69, 9.17) is 9.57 Å². The highest BCUT2D eigenvalue weighted by molar-refractivity contribution is 7.91. The van der Waals surface area contributed by atoms with E-state index < -0.39 is 80.8 Å². The molecule has 0 spiro atoms. The first-order chi connectivity index (χ1) is 24.2. The first-order valence-electron chi connectivity index (χ1n) is 17.1. The molecule has 3 fully saturated rings. The molecule has 14 nitrogen and oxygen atoms in total. The van der Waals surface area contributed by atoms with Gasteiger partial charge in [0.1, 0.15) is 29.4 Å². The molecule has 1 saturated heterocycles. The van der Waals surface area contributed by atoms with Crippen LogP contribution in [0.4, 0.5) is 4.79 Å². The number of hydroxylamine groups is 2. The molecule has 2 saturated carbocycles. The van der Waals surface area contributed by atoms with Gasteiger partial charge in [-0.05, 0) is 50.2 Å². The second-order valence-corrected chi connectivity index (χ2v) is 16.1. The molecule has 5 atom stereocenters. The zero-order valence-corrected chi connectivity index (χ0v) is 29.8. The Morgan fingerprint density at radius 2 is 1.61 bits per heavy atom. The maximum Gasteiger partial charge on any atom is 0.434 e. The lowest BCUT2D eigenvalue weighted by atomic mass is 10.0. The first-order valence-corrected chi connectivity index (χ1v) is 18.7. The Bertz CT molecular complexity index is 1840. The van der Waals surface area contributed by atoms with E-state index in [1.807, 2.05) is 48.5 Å². The van der Waals surface area contributed by atoms with Crippen molar-refractivity contribution in [1.82, 2.24) is 20.0 Å². The molecule has 3 aliphatic carbocycles. The number of amides is 4. The van der Waals surface area contributed by atoms with Crippen LogP contribution in [-0.2, 0) is 34.0 Å². The van der Waals surface area contributed by atoms with Crippen molar-refractivity contribution in [2.75, 3.05) is 6.54 Å². The number of nitrogens with zero attached hydrogens (tertiary/aromatic N) is 3. The number of oxime groups is 1. The summed E-state index contributed by atoms with van der Waals surface area (Å²) in [5.74, 6) is -3.53. The van der Waals surface area contributed by atoms with Gasteiger partial charge in [-0.2, -0.15) is 5.06 Å². The number of hydrogen-bond acceptors (Lipinski definition) is 10. The third-order valence-corrected chi connectivity index (χ3v) is 11.5. The van der Waals surface area contributed by atoms with Gasteiger partial charge in [-0.1, -0.05) is 73.6 Å². The summed E-state index contributed by atoms with van der Waals surface area (Å²) in [6.07, 6.45) is -0.104. The number of nitrogens with one attached hydrogen (secondary N) is 2. The minimum atomic E-state index is -3.92. The van der Waals surface area contributed by atoms with Crippen LogP contribution in [0.5, 0.6) is 0 Å². The summed E-state index contributed by atoms with van der Waals surface area (Å²) in [5, 5.41) is 17.7. The second-order valence-electron chi connectivity index (χ2n) is 14.1. The van der Waals surface area contributed by atoms with E-state index in [1.165, 1.54) is 11.0 Å². The molecule has 3 N–H and O–H groups in total. The van der Waals surface area contributed by atoms with Gasteiger partial charge in [0.2, 0.25) is 21.8 Å². The van der Waals surface area contributed by atoms with Crippen molar-refractivity contribution >= 4 is 39.5 Å². The van der Waals surface area contributed by atoms with E-state index in [1.54, 1.807) is 27.7 Å². The number of carbonyl (C=O) groups is 4. The Balaban J connectivity index is 1.29. The predicted octanol–water partition coefficient (Wildman–Crippen LogP) is 3.34. The average Bonchev–Trinajstić information content (AvgIpc) is 3.99. The molecule has 15 heteroatoms. The lowest BCUT2D eigenvalue weighted by Crippen LogP contribution is -2.59. The Kier molecular flexibility index (Phi) is 9.72. The summed E-state index contributed by atoms with van der Waals surface area (Å²) in [6.45, 7) is 10.1. The molecule has 4 aliphatic rings. The minimum absolute atomic E-state index is 0.0544. The Morgan fingerprint density at radius 3 is 2.12 bits per heavy atom. The Hall–Kier alpha value is -4.76. The Labute approximate surface area is 296 Å². The largest absolute Gasteiger partial charge is 0.445 e. The standard InChI is InChI=1S/C36H43N5O9S/c1-6-22-18-36(22,34(44)39-51(47,48)24-15-16-24)37-32(42)29-17-23(19-40(29)33(43)31(20(2)3)41(46)35(45)49-21(4)5)50-38-30-27-13-9-7-11-25(27)26-12-8-10-14-28(26)30/h6-14,20-24,29,31,46H,1,15-19H2,2-5H3,(H,37,42)(H,39,44)/t22-,23-,29+,31-,36+/m1/s1. The first kappa shape index (κ1) is 36.0. The number of likely N-dealkylation sites (tertiary alicyclic amines) is 1. The van der Waals surface area contributed by atoms with Crippen molar-refractivity contribution in [1.29, 1.82) is 0 Å². The summed E-state index contributed by atoms with van der Waals surface area (Å²) in [5.41, 5.74) is 2.69. The van der Waals surface area contributed by atoms with E-state index in [0.717, 1.165) is 22.3 Å². The molecule has 51 heavy (non-hydrogen) atoms. The van der Waals surface area contributed by atoms with Gasteiger partial charge in [0, 0.05) is 23.5 Å². The van der Waals surface area contributed by atoms with Gasteiger partial charge in [0.15, 0.2) is 0 Å².